The topological polar surface area (TPSA) is 95.1 Å². The van der Waals surface area contributed by atoms with Gasteiger partial charge >= 0.3 is 0 Å². The van der Waals surface area contributed by atoms with Gasteiger partial charge in [-0.25, -0.2) is 15.0 Å². The SMILES string of the molecule is C#Cc1cnc(Nc2cc(NC3CCN(C)CC3)c(C(=O)Nc3ccccc3)cn2)cn1. The number of likely N-dealkylation sites (tertiary alicyclic amines) is 1. The highest BCUT2D eigenvalue weighted by atomic mass is 16.1. The van der Waals surface area contributed by atoms with Gasteiger partial charge in [0, 0.05) is 24.0 Å². The van der Waals surface area contributed by atoms with Gasteiger partial charge in [-0.1, -0.05) is 18.2 Å². The molecule has 3 N–H and O–H groups in total. The molecule has 2 aromatic heterocycles. The zero-order chi connectivity index (χ0) is 22.3. The van der Waals surface area contributed by atoms with Crippen molar-refractivity contribution >= 4 is 28.9 Å². The second-order valence-electron chi connectivity index (χ2n) is 7.71. The van der Waals surface area contributed by atoms with Crippen molar-refractivity contribution in [1.82, 2.24) is 19.9 Å². The van der Waals surface area contributed by atoms with Crippen LogP contribution >= 0.6 is 0 Å². The number of amides is 1. The fraction of sp³-hybridized carbons (Fsp3) is 0.250. The molecule has 1 amide bonds. The monoisotopic (exact) mass is 427 g/mol. The van der Waals surface area contributed by atoms with Gasteiger partial charge in [-0.3, -0.25) is 4.79 Å². The number of benzene rings is 1. The van der Waals surface area contributed by atoms with Crippen LogP contribution in [0.2, 0.25) is 0 Å². The van der Waals surface area contributed by atoms with Gasteiger partial charge in [-0.15, -0.1) is 6.42 Å². The van der Waals surface area contributed by atoms with E-state index in [0.717, 1.165) is 37.3 Å². The van der Waals surface area contributed by atoms with Gasteiger partial charge < -0.3 is 20.9 Å². The summed E-state index contributed by atoms with van der Waals surface area (Å²) in [5, 5.41) is 9.61. The van der Waals surface area contributed by atoms with Crippen LogP contribution in [-0.2, 0) is 0 Å². The van der Waals surface area contributed by atoms with E-state index in [4.69, 9.17) is 6.42 Å². The Hall–Kier alpha value is -3.96. The maximum Gasteiger partial charge on any atom is 0.259 e. The molecule has 1 saturated heterocycles. The summed E-state index contributed by atoms with van der Waals surface area (Å²) in [6.45, 7) is 2.02. The van der Waals surface area contributed by atoms with E-state index < -0.39 is 0 Å². The molecule has 0 bridgehead atoms. The largest absolute Gasteiger partial charge is 0.381 e. The molecule has 4 rings (SSSR count). The number of nitrogens with zero attached hydrogens (tertiary/aromatic N) is 4. The van der Waals surface area contributed by atoms with Crippen LogP contribution in [0.3, 0.4) is 0 Å². The first kappa shape index (κ1) is 21.3. The second-order valence-corrected chi connectivity index (χ2v) is 7.71. The van der Waals surface area contributed by atoms with E-state index in [9.17, 15) is 4.79 Å². The Morgan fingerprint density at radius 2 is 1.81 bits per heavy atom. The Labute approximate surface area is 187 Å². The highest BCUT2D eigenvalue weighted by Crippen LogP contribution is 2.25. The van der Waals surface area contributed by atoms with Gasteiger partial charge in [0.1, 0.15) is 17.3 Å². The van der Waals surface area contributed by atoms with Gasteiger partial charge in [0.2, 0.25) is 0 Å². The molecule has 0 unspecified atom stereocenters. The lowest BCUT2D eigenvalue weighted by molar-refractivity contribution is 0.102. The lowest BCUT2D eigenvalue weighted by Gasteiger charge is -2.30. The summed E-state index contributed by atoms with van der Waals surface area (Å²) < 4.78 is 0. The third-order valence-electron chi connectivity index (χ3n) is 5.31. The van der Waals surface area contributed by atoms with Crippen LogP contribution in [0.15, 0.2) is 55.0 Å². The smallest absolute Gasteiger partial charge is 0.259 e. The quantitative estimate of drug-likeness (QED) is 0.519. The normalized spacial score (nSPS) is 14.4. The number of pyridine rings is 1. The number of anilines is 4. The van der Waals surface area contributed by atoms with E-state index >= 15 is 0 Å². The Morgan fingerprint density at radius 3 is 2.50 bits per heavy atom. The summed E-state index contributed by atoms with van der Waals surface area (Å²) in [4.78, 5) is 28.1. The van der Waals surface area contributed by atoms with Crippen LogP contribution in [-0.4, -0.2) is 51.9 Å². The first-order chi connectivity index (χ1) is 15.6. The van der Waals surface area contributed by atoms with Crippen LogP contribution in [0.5, 0.6) is 0 Å². The maximum atomic E-state index is 13.0. The van der Waals surface area contributed by atoms with E-state index in [1.54, 1.807) is 12.4 Å². The minimum absolute atomic E-state index is 0.219. The zero-order valence-corrected chi connectivity index (χ0v) is 17.9. The zero-order valence-electron chi connectivity index (χ0n) is 17.9. The minimum Gasteiger partial charge on any atom is -0.381 e. The first-order valence-corrected chi connectivity index (χ1v) is 10.5. The van der Waals surface area contributed by atoms with Gasteiger partial charge in [0.15, 0.2) is 0 Å². The molecule has 1 aromatic carbocycles. The van der Waals surface area contributed by atoms with Gasteiger partial charge in [-0.2, -0.15) is 0 Å². The molecular weight excluding hydrogens is 402 g/mol. The van der Waals surface area contributed by atoms with Crippen molar-refractivity contribution in [3.63, 3.8) is 0 Å². The Morgan fingerprint density at radius 1 is 1.06 bits per heavy atom. The number of hydrogen-bond donors (Lipinski definition) is 3. The summed E-state index contributed by atoms with van der Waals surface area (Å²) in [6, 6.07) is 11.5. The third kappa shape index (κ3) is 5.39. The molecule has 32 heavy (non-hydrogen) atoms. The number of piperidine rings is 1. The number of carbonyl (C=O) groups is 1. The van der Waals surface area contributed by atoms with Crippen molar-refractivity contribution in [2.75, 3.05) is 36.1 Å². The van der Waals surface area contributed by atoms with Crippen molar-refractivity contribution in [2.45, 2.75) is 18.9 Å². The summed E-state index contributed by atoms with van der Waals surface area (Å²) in [7, 11) is 2.12. The van der Waals surface area contributed by atoms with Crippen LogP contribution in [0.4, 0.5) is 23.0 Å². The average molecular weight is 428 g/mol. The number of terminal acetylenes is 1. The highest BCUT2D eigenvalue weighted by molar-refractivity contribution is 6.08. The number of nitrogens with one attached hydrogen (secondary N) is 3. The van der Waals surface area contributed by atoms with Crippen LogP contribution in [0.25, 0.3) is 0 Å². The number of carbonyl (C=O) groups excluding carboxylic acids is 1. The van der Waals surface area contributed by atoms with Crippen LogP contribution in [0, 0.1) is 12.3 Å². The van der Waals surface area contributed by atoms with E-state index in [0.29, 0.717) is 22.9 Å². The lowest BCUT2D eigenvalue weighted by Crippen LogP contribution is -2.37. The molecule has 3 aromatic rings. The molecule has 0 aliphatic carbocycles. The van der Waals surface area contributed by atoms with Gasteiger partial charge in [0.25, 0.3) is 5.91 Å². The molecule has 0 atom stereocenters. The van der Waals surface area contributed by atoms with Gasteiger partial charge in [0.05, 0.1) is 23.6 Å². The molecule has 0 saturated carbocycles. The van der Waals surface area contributed by atoms with Crippen LogP contribution < -0.4 is 16.0 Å². The first-order valence-electron chi connectivity index (χ1n) is 10.5. The molecule has 3 heterocycles. The number of para-hydroxylation sites is 1. The van der Waals surface area contributed by atoms with E-state index in [-0.39, 0.29) is 11.9 Å². The number of hydrogen-bond acceptors (Lipinski definition) is 7. The molecule has 162 valence electrons. The Kier molecular flexibility index (Phi) is 6.58. The van der Waals surface area contributed by atoms with Crippen molar-refractivity contribution < 1.29 is 4.79 Å². The van der Waals surface area contributed by atoms with Crippen LogP contribution in [0.1, 0.15) is 28.9 Å². The summed E-state index contributed by atoms with van der Waals surface area (Å²) in [6.07, 6.45) is 12.0. The molecule has 8 heteroatoms. The summed E-state index contributed by atoms with van der Waals surface area (Å²) >= 11 is 0. The Balaban J connectivity index is 1.57. The minimum atomic E-state index is -0.219. The summed E-state index contributed by atoms with van der Waals surface area (Å²) in [5.74, 6) is 3.29. The van der Waals surface area contributed by atoms with Crippen molar-refractivity contribution in [3.8, 4) is 12.3 Å². The molecule has 0 spiro atoms. The van der Waals surface area contributed by atoms with E-state index in [1.165, 1.54) is 6.20 Å². The molecular formula is C24H25N7O. The lowest BCUT2D eigenvalue weighted by atomic mass is 10.0. The van der Waals surface area contributed by atoms with Gasteiger partial charge in [-0.05, 0) is 51.0 Å². The second kappa shape index (κ2) is 9.90. The predicted octanol–water partition coefficient (Wildman–Crippen LogP) is 3.35. The number of rotatable bonds is 6. The van der Waals surface area contributed by atoms with Crippen molar-refractivity contribution in [2.24, 2.45) is 0 Å². The fourth-order valence-corrected chi connectivity index (χ4v) is 3.52. The number of aromatic nitrogens is 3. The molecule has 1 aliphatic heterocycles. The average Bonchev–Trinajstić information content (AvgIpc) is 2.82. The van der Waals surface area contributed by atoms with E-state index in [1.807, 2.05) is 36.4 Å². The standard InChI is InChI=1S/C24H25N7O/c1-3-17-14-26-23(16-25-17)30-22-13-21(28-19-9-11-31(2)12-10-19)20(15-27-22)24(32)29-18-7-5-4-6-8-18/h1,4-8,13-16,19H,9-12H2,2H3,(H,29,32)(H2,26,27,28,30). The van der Waals surface area contributed by atoms with Crippen molar-refractivity contribution in [1.29, 1.82) is 0 Å². The maximum absolute atomic E-state index is 13.0. The molecule has 0 radical (unpaired) electrons. The summed E-state index contributed by atoms with van der Waals surface area (Å²) in [5.41, 5.74) is 2.39. The highest BCUT2D eigenvalue weighted by Gasteiger charge is 2.20. The third-order valence-corrected chi connectivity index (χ3v) is 5.31. The Bertz CT molecular complexity index is 1100. The van der Waals surface area contributed by atoms with Crippen molar-refractivity contribution in [3.05, 3.63) is 66.2 Å². The van der Waals surface area contributed by atoms with E-state index in [2.05, 4.69) is 48.8 Å². The fourth-order valence-electron chi connectivity index (χ4n) is 3.52. The molecule has 8 nitrogen and oxygen atoms in total. The molecule has 1 aliphatic rings. The predicted molar refractivity (Wildman–Crippen MR) is 126 cm³/mol. The molecule has 1 fully saturated rings.